The fraction of sp³-hybridized carbons (Fsp3) is 0.267. The van der Waals surface area contributed by atoms with E-state index in [4.69, 9.17) is 21.4 Å². The minimum Gasteiger partial charge on any atom is -0.480 e. The Morgan fingerprint density at radius 2 is 2.13 bits per heavy atom. The summed E-state index contributed by atoms with van der Waals surface area (Å²) in [6.07, 6.45) is 0. The van der Waals surface area contributed by atoms with Crippen LogP contribution in [0.3, 0.4) is 0 Å². The van der Waals surface area contributed by atoms with Gasteiger partial charge in [-0.3, -0.25) is 9.48 Å². The molecule has 0 aliphatic rings. The standard InChI is InChI=1S/C15H16ClN3O4/c1-3-19-12(6-9(2)18-19)15(22)17-10-4-5-13(11(16)7-10)23-8-14(20)21/h4-7H,3,8H2,1-2H3,(H,17,22)(H,20,21). The number of hydrogen-bond acceptors (Lipinski definition) is 4. The number of ether oxygens (including phenoxy) is 1. The third kappa shape index (κ3) is 4.23. The molecule has 1 aromatic carbocycles. The van der Waals surface area contributed by atoms with Gasteiger partial charge in [-0.05, 0) is 38.1 Å². The van der Waals surface area contributed by atoms with E-state index >= 15 is 0 Å². The fourth-order valence-corrected chi connectivity index (χ4v) is 2.23. The van der Waals surface area contributed by atoms with Crippen molar-refractivity contribution < 1.29 is 19.4 Å². The predicted molar refractivity (Wildman–Crippen MR) is 85.2 cm³/mol. The molecular weight excluding hydrogens is 322 g/mol. The van der Waals surface area contributed by atoms with Crippen LogP contribution < -0.4 is 10.1 Å². The summed E-state index contributed by atoms with van der Waals surface area (Å²) >= 11 is 6.02. The lowest BCUT2D eigenvalue weighted by atomic mass is 10.2. The summed E-state index contributed by atoms with van der Waals surface area (Å²) in [5.74, 6) is -1.16. The molecule has 0 bridgehead atoms. The maximum atomic E-state index is 12.3. The normalized spacial score (nSPS) is 10.4. The van der Waals surface area contributed by atoms with Gasteiger partial charge in [-0.1, -0.05) is 11.6 Å². The Bertz CT molecular complexity index is 742. The van der Waals surface area contributed by atoms with Crippen LogP contribution in [0.5, 0.6) is 5.75 Å². The van der Waals surface area contributed by atoms with Crippen LogP contribution in [-0.4, -0.2) is 33.4 Å². The maximum absolute atomic E-state index is 12.3. The van der Waals surface area contributed by atoms with E-state index in [0.29, 0.717) is 17.9 Å². The molecule has 0 atom stereocenters. The van der Waals surface area contributed by atoms with Gasteiger partial charge in [0.2, 0.25) is 0 Å². The van der Waals surface area contributed by atoms with Gasteiger partial charge in [-0.15, -0.1) is 0 Å². The summed E-state index contributed by atoms with van der Waals surface area (Å²) in [5.41, 5.74) is 1.68. The number of aliphatic carboxylic acids is 1. The molecule has 1 heterocycles. The molecule has 7 nitrogen and oxygen atoms in total. The monoisotopic (exact) mass is 337 g/mol. The molecule has 0 saturated heterocycles. The van der Waals surface area contributed by atoms with Gasteiger partial charge < -0.3 is 15.2 Å². The Morgan fingerprint density at radius 3 is 2.74 bits per heavy atom. The van der Waals surface area contributed by atoms with E-state index < -0.39 is 12.6 Å². The number of hydrogen-bond donors (Lipinski definition) is 2. The van der Waals surface area contributed by atoms with Crippen molar-refractivity contribution in [1.29, 1.82) is 0 Å². The summed E-state index contributed by atoms with van der Waals surface area (Å²) in [5, 5.41) is 15.7. The number of carboxylic acid groups (broad SMARTS) is 1. The first-order chi connectivity index (χ1) is 10.9. The van der Waals surface area contributed by atoms with E-state index in [2.05, 4.69) is 10.4 Å². The van der Waals surface area contributed by atoms with E-state index in [1.807, 2.05) is 13.8 Å². The van der Waals surface area contributed by atoms with Gasteiger partial charge in [-0.25, -0.2) is 4.79 Å². The van der Waals surface area contributed by atoms with Crippen LogP contribution in [0.2, 0.25) is 5.02 Å². The van der Waals surface area contributed by atoms with E-state index in [1.54, 1.807) is 16.8 Å². The predicted octanol–water partition coefficient (Wildman–Crippen LogP) is 2.58. The second-order valence-electron chi connectivity index (χ2n) is 4.77. The second-order valence-corrected chi connectivity index (χ2v) is 5.18. The van der Waals surface area contributed by atoms with Gasteiger partial charge >= 0.3 is 5.97 Å². The number of carbonyl (C=O) groups excluding carboxylic acids is 1. The van der Waals surface area contributed by atoms with Crippen molar-refractivity contribution >= 4 is 29.2 Å². The van der Waals surface area contributed by atoms with Crippen LogP contribution in [0, 0.1) is 6.92 Å². The third-order valence-corrected chi connectivity index (χ3v) is 3.27. The number of nitrogens with one attached hydrogen (secondary N) is 1. The van der Waals surface area contributed by atoms with Crippen LogP contribution in [-0.2, 0) is 11.3 Å². The smallest absolute Gasteiger partial charge is 0.341 e. The molecule has 2 N–H and O–H groups in total. The summed E-state index contributed by atoms with van der Waals surface area (Å²) in [4.78, 5) is 22.8. The zero-order valence-electron chi connectivity index (χ0n) is 12.7. The minimum absolute atomic E-state index is 0.212. The highest BCUT2D eigenvalue weighted by atomic mass is 35.5. The van der Waals surface area contributed by atoms with Gasteiger partial charge in [-0.2, -0.15) is 5.10 Å². The summed E-state index contributed by atoms with van der Waals surface area (Å²) in [6.45, 7) is 3.81. The highest BCUT2D eigenvalue weighted by Crippen LogP contribution is 2.28. The van der Waals surface area contributed by atoms with Crippen molar-refractivity contribution in [3.05, 3.63) is 40.7 Å². The van der Waals surface area contributed by atoms with Crippen LogP contribution in [0.25, 0.3) is 0 Å². The maximum Gasteiger partial charge on any atom is 0.341 e. The molecule has 1 amide bonds. The Hall–Kier alpha value is -2.54. The lowest BCUT2D eigenvalue weighted by Gasteiger charge is -2.09. The number of anilines is 1. The Balaban J connectivity index is 2.12. The van der Waals surface area contributed by atoms with Crippen molar-refractivity contribution in [2.45, 2.75) is 20.4 Å². The van der Waals surface area contributed by atoms with Gasteiger partial charge in [0.15, 0.2) is 6.61 Å². The van der Waals surface area contributed by atoms with Crippen molar-refractivity contribution in [2.75, 3.05) is 11.9 Å². The summed E-state index contributed by atoms with van der Waals surface area (Å²) in [7, 11) is 0. The topological polar surface area (TPSA) is 93.5 Å². The molecule has 0 radical (unpaired) electrons. The van der Waals surface area contributed by atoms with Gasteiger partial charge in [0.1, 0.15) is 11.4 Å². The number of benzene rings is 1. The molecule has 2 rings (SSSR count). The summed E-state index contributed by atoms with van der Waals surface area (Å²) in [6, 6.07) is 6.28. The van der Waals surface area contributed by atoms with Crippen LogP contribution in [0.4, 0.5) is 5.69 Å². The molecule has 8 heteroatoms. The highest BCUT2D eigenvalue weighted by Gasteiger charge is 2.14. The van der Waals surface area contributed by atoms with Gasteiger partial charge in [0, 0.05) is 12.2 Å². The number of halogens is 1. The van der Waals surface area contributed by atoms with Crippen LogP contribution >= 0.6 is 11.6 Å². The van der Waals surface area contributed by atoms with E-state index in [1.165, 1.54) is 12.1 Å². The lowest BCUT2D eigenvalue weighted by Crippen LogP contribution is -2.17. The number of carbonyl (C=O) groups is 2. The first kappa shape index (κ1) is 16.8. The number of nitrogens with zero attached hydrogens (tertiary/aromatic N) is 2. The largest absolute Gasteiger partial charge is 0.480 e. The molecule has 23 heavy (non-hydrogen) atoms. The molecule has 0 aliphatic heterocycles. The molecule has 2 aromatic rings. The molecule has 0 saturated carbocycles. The second kappa shape index (κ2) is 7.15. The molecule has 0 spiro atoms. The third-order valence-electron chi connectivity index (χ3n) is 2.98. The Morgan fingerprint density at radius 1 is 1.39 bits per heavy atom. The number of amides is 1. The lowest BCUT2D eigenvalue weighted by molar-refractivity contribution is -0.139. The average molecular weight is 338 g/mol. The molecule has 0 fully saturated rings. The van der Waals surface area contributed by atoms with Gasteiger partial charge in [0.25, 0.3) is 5.91 Å². The molecule has 0 aliphatic carbocycles. The number of rotatable bonds is 6. The zero-order chi connectivity index (χ0) is 17.0. The molecular formula is C15H16ClN3O4. The Kier molecular flexibility index (Phi) is 5.23. The fourth-order valence-electron chi connectivity index (χ4n) is 2.00. The minimum atomic E-state index is -1.10. The SMILES string of the molecule is CCn1nc(C)cc1C(=O)Nc1ccc(OCC(=O)O)c(Cl)c1. The zero-order valence-corrected chi connectivity index (χ0v) is 13.4. The molecule has 0 unspecified atom stereocenters. The van der Waals surface area contributed by atoms with Crippen molar-refractivity contribution in [3.8, 4) is 5.75 Å². The number of aryl methyl sites for hydroxylation is 2. The Labute approximate surface area is 137 Å². The first-order valence-corrected chi connectivity index (χ1v) is 7.28. The number of carboxylic acids is 1. The van der Waals surface area contributed by atoms with Crippen molar-refractivity contribution in [3.63, 3.8) is 0 Å². The van der Waals surface area contributed by atoms with E-state index in [9.17, 15) is 9.59 Å². The van der Waals surface area contributed by atoms with Crippen LogP contribution in [0.1, 0.15) is 23.1 Å². The van der Waals surface area contributed by atoms with Gasteiger partial charge in [0.05, 0.1) is 10.7 Å². The molecule has 1 aromatic heterocycles. The van der Waals surface area contributed by atoms with Crippen molar-refractivity contribution in [1.82, 2.24) is 9.78 Å². The summed E-state index contributed by atoms with van der Waals surface area (Å²) < 4.78 is 6.63. The van der Waals surface area contributed by atoms with E-state index in [0.717, 1.165) is 5.69 Å². The van der Waals surface area contributed by atoms with Crippen molar-refractivity contribution in [2.24, 2.45) is 0 Å². The van der Waals surface area contributed by atoms with E-state index in [-0.39, 0.29) is 16.7 Å². The first-order valence-electron chi connectivity index (χ1n) is 6.90. The molecule has 122 valence electrons. The average Bonchev–Trinajstić information content (AvgIpc) is 2.87. The number of aromatic nitrogens is 2. The highest BCUT2D eigenvalue weighted by molar-refractivity contribution is 6.32. The van der Waals surface area contributed by atoms with Crippen LogP contribution in [0.15, 0.2) is 24.3 Å². The quantitative estimate of drug-likeness (QED) is 0.845.